The van der Waals surface area contributed by atoms with Crippen LogP contribution in [0.1, 0.15) is 6.92 Å². The number of hydrogen-bond donors (Lipinski definition) is 3. The van der Waals surface area contributed by atoms with Gasteiger partial charge in [0.1, 0.15) is 0 Å². The predicted molar refractivity (Wildman–Crippen MR) is 150 cm³/mol. The lowest BCUT2D eigenvalue weighted by Gasteiger charge is -2.12. The number of nitrogens with zero attached hydrogens (tertiary/aromatic N) is 1. The molecular formula is C27H26N4O4S2. The maximum absolute atomic E-state index is 12.8. The lowest BCUT2D eigenvalue weighted by atomic mass is 10.1. The van der Waals surface area contributed by atoms with Gasteiger partial charge in [0.05, 0.1) is 25.2 Å². The number of thiazole rings is 1. The zero-order chi connectivity index (χ0) is 26.2. The molecule has 0 aliphatic rings. The van der Waals surface area contributed by atoms with Crippen LogP contribution in [0.25, 0.3) is 11.3 Å². The summed E-state index contributed by atoms with van der Waals surface area (Å²) in [4.78, 5) is 30.4. The summed E-state index contributed by atoms with van der Waals surface area (Å²) in [5.74, 6) is 1.10. The molecule has 0 radical (unpaired) electrons. The highest BCUT2D eigenvalue weighted by Gasteiger charge is 2.17. The molecule has 0 saturated carbocycles. The van der Waals surface area contributed by atoms with Gasteiger partial charge in [0.2, 0.25) is 5.91 Å². The van der Waals surface area contributed by atoms with E-state index in [9.17, 15) is 9.59 Å². The Bertz CT molecular complexity index is 1360. The molecule has 0 bridgehead atoms. The second kappa shape index (κ2) is 12.3. The number of anilines is 3. The Hall–Kier alpha value is -4.02. The number of urea groups is 1. The van der Waals surface area contributed by atoms with Gasteiger partial charge in [-0.2, -0.15) is 0 Å². The highest BCUT2D eigenvalue weighted by molar-refractivity contribution is 8.00. The second-order valence-corrected chi connectivity index (χ2v) is 10.1. The summed E-state index contributed by atoms with van der Waals surface area (Å²) < 4.78 is 10.6. The number of methoxy groups -OCH3 is 2. The van der Waals surface area contributed by atoms with Crippen LogP contribution in [-0.4, -0.2) is 36.4 Å². The Balaban J connectivity index is 1.30. The highest BCUT2D eigenvalue weighted by Crippen LogP contribution is 2.34. The highest BCUT2D eigenvalue weighted by atomic mass is 32.2. The first-order valence-electron chi connectivity index (χ1n) is 11.3. The van der Waals surface area contributed by atoms with E-state index in [1.807, 2.05) is 73.0 Å². The molecule has 1 heterocycles. The van der Waals surface area contributed by atoms with Crippen molar-refractivity contribution in [1.29, 1.82) is 0 Å². The van der Waals surface area contributed by atoms with Crippen LogP contribution in [0.3, 0.4) is 0 Å². The third-order valence-electron chi connectivity index (χ3n) is 5.24. The van der Waals surface area contributed by atoms with E-state index in [1.54, 1.807) is 26.4 Å². The number of amides is 3. The smallest absolute Gasteiger partial charge is 0.323 e. The number of thioether (sulfide) groups is 1. The van der Waals surface area contributed by atoms with Gasteiger partial charge in [-0.15, -0.1) is 23.1 Å². The molecule has 1 aromatic heterocycles. The number of hydrogen-bond acceptors (Lipinski definition) is 7. The van der Waals surface area contributed by atoms with Crippen LogP contribution in [0, 0.1) is 0 Å². The van der Waals surface area contributed by atoms with Gasteiger partial charge in [0.25, 0.3) is 0 Å². The standard InChI is InChI=1S/C27H26N4O4S2/c1-17(37-21-12-10-20(11-13-21)29-26(33)28-19-7-5-4-6-8-19)25(32)31-27-30-22(16-36-27)18-9-14-23(34-2)24(15-18)35-3/h4-17H,1-3H3,(H2,28,29,33)(H,30,31,32). The summed E-state index contributed by atoms with van der Waals surface area (Å²) in [7, 11) is 3.17. The number of carbonyl (C=O) groups excluding carboxylic acids is 2. The van der Waals surface area contributed by atoms with E-state index in [2.05, 4.69) is 20.9 Å². The van der Waals surface area contributed by atoms with Gasteiger partial charge in [0.15, 0.2) is 16.6 Å². The summed E-state index contributed by atoms with van der Waals surface area (Å²) in [6, 6.07) is 21.8. The van der Waals surface area contributed by atoms with Crippen molar-refractivity contribution in [2.75, 3.05) is 30.2 Å². The fraction of sp³-hybridized carbons (Fsp3) is 0.148. The normalized spacial score (nSPS) is 11.3. The number of rotatable bonds is 9. The topological polar surface area (TPSA) is 102 Å². The number of benzene rings is 3. The largest absolute Gasteiger partial charge is 0.493 e. The van der Waals surface area contributed by atoms with Gasteiger partial charge in [-0.1, -0.05) is 18.2 Å². The number of carbonyl (C=O) groups is 2. The van der Waals surface area contributed by atoms with E-state index >= 15 is 0 Å². The lowest BCUT2D eigenvalue weighted by molar-refractivity contribution is -0.115. The summed E-state index contributed by atoms with van der Waals surface area (Å²) in [6.07, 6.45) is 0. The zero-order valence-corrected chi connectivity index (χ0v) is 22.1. The molecule has 0 aliphatic heterocycles. The molecule has 3 N–H and O–H groups in total. The van der Waals surface area contributed by atoms with Crippen LogP contribution in [0.4, 0.5) is 21.3 Å². The molecule has 0 fully saturated rings. The van der Waals surface area contributed by atoms with Gasteiger partial charge < -0.3 is 25.4 Å². The molecule has 3 amide bonds. The van der Waals surface area contributed by atoms with Crippen molar-refractivity contribution >= 4 is 51.5 Å². The first-order valence-corrected chi connectivity index (χ1v) is 13.1. The summed E-state index contributed by atoms with van der Waals surface area (Å²) >= 11 is 2.78. The van der Waals surface area contributed by atoms with Gasteiger partial charge in [-0.05, 0) is 61.5 Å². The van der Waals surface area contributed by atoms with Crippen molar-refractivity contribution in [2.24, 2.45) is 0 Å². The predicted octanol–water partition coefficient (Wildman–Crippen LogP) is 6.59. The first kappa shape index (κ1) is 26.1. The molecule has 37 heavy (non-hydrogen) atoms. The van der Waals surface area contributed by atoms with Crippen LogP contribution >= 0.6 is 23.1 Å². The van der Waals surface area contributed by atoms with Crippen LogP contribution < -0.4 is 25.4 Å². The van der Waals surface area contributed by atoms with E-state index < -0.39 is 0 Å². The molecule has 8 nitrogen and oxygen atoms in total. The molecule has 0 aliphatic carbocycles. The van der Waals surface area contributed by atoms with Crippen molar-refractivity contribution in [3.05, 3.63) is 78.2 Å². The maximum Gasteiger partial charge on any atom is 0.323 e. The van der Waals surface area contributed by atoms with Gasteiger partial charge in [-0.3, -0.25) is 4.79 Å². The second-order valence-electron chi connectivity index (χ2n) is 7.83. The van der Waals surface area contributed by atoms with Crippen LogP contribution in [0.2, 0.25) is 0 Å². The summed E-state index contributed by atoms with van der Waals surface area (Å²) in [5, 5.41) is 10.5. The molecule has 1 unspecified atom stereocenters. The van der Waals surface area contributed by atoms with Crippen LogP contribution in [-0.2, 0) is 4.79 Å². The van der Waals surface area contributed by atoms with Crippen LogP contribution in [0.5, 0.6) is 11.5 Å². The average molecular weight is 535 g/mol. The maximum atomic E-state index is 12.8. The molecule has 0 saturated heterocycles. The Morgan fingerprint density at radius 2 is 1.54 bits per heavy atom. The molecule has 1 atom stereocenters. The molecule has 4 aromatic rings. The number of nitrogens with one attached hydrogen (secondary N) is 3. The van der Waals surface area contributed by atoms with E-state index in [-0.39, 0.29) is 17.2 Å². The molecule has 3 aromatic carbocycles. The number of ether oxygens (including phenoxy) is 2. The fourth-order valence-electron chi connectivity index (χ4n) is 3.36. The molecular weight excluding hydrogens is 508 g/mol. The monoisotopic (exact) mass is 534 g/mol. The minimum atomic E-state index is -0.353. The summed E-state index contributed by atoms with van der Waals surface area (Å²) in [6.45, 7) is 1.84. The van der Waals surface area contributed by atoms with Crippen molar-refractivity contribution in [3.8, 4) is 22.8 Å². The number of para-hydroxylation sites is 1. The fourth-order valence-corrected chi connectivity index (χ4v) is 4.95. The molecule has 190 valence electrons. The SMILES string of the molecule is COc1ccc(-c2csc(NC(=O)C(C)Sc3ccc(NC(=O)Nc4ccccc4)cc3)n2)cc1OC. The van der Waals surface area contributed by atoms with Gasteiger partial charge >= 0.3 is 6.03 Å². The Morgan fingerprint density at radius 1 is 0.865 bits per heavy atom. The minimum absolute atomic E-state index is 0.150. The van der Waals surface area contributed by atoms with E-state index in [4.69, 9.17) is 9.47 Å². The summed E-state index contributed by atoms with van der Waals surface area (Å²) in [5.41, 5.74) is 2.97. The van der Waals surface area contributed by atoms with Crippen molar-refractivity contribution in [3.63, 3.8) is 0 Å². The van der Waals surface area contributed by atoms with Gasteiger partial charge in [0, 0.05) is 27.2 Å². The minimum Gasteiger partial charge on any atom is -0.493 e. The molecule has 0 spiro atoms. The third-order valence-corrected chi connectivity index (χ3v) is 7.11. The average Bonchev–Trinajstić information content (AvgIpc) is 3.38. The molecule has 10 heteroatoms. The first-order chi connectivity index (χ1) is 17.9. The zero-order valence-electron chi connectivity index (χ0n) is 20.5. The Labute approximate surface area is 223 Å². The van der Waals surface area contributed by atoms with Crippen LogP contribution in [0.15, 0.2) is 83.1 Å². The quantitative estimate of drug-likeness (QED) is 0.209. The van der Waals surface area contributed by atoms with Crippen molar-refractivity contribution < 1.29 is 19.1 Å². The van der Waals surface area contributed by atoms with E-state index in [1.165, 1.54) is 23.1 Å². The Morgan fingerprint density at radius 3 is 2.22 bits per heavy atom. The molecule has 4 rings (SSSR count). The number of aromatic nitrogens is 1. The van der Waals surface area contributed by atoms with Crippen molar-refractivity contribution in [1.82, 2.24) is 4.98 Å². The lowest BCUT2D eigenvalue weighted by Crippen LogP contribution is -2.22. The van der Waals surface area contributed by atoms with Gasteiger partial charge in [-0.25, -0.2) is 9.78 Å². The third kappa shape index (κ3) is 7.02. The van der Waals surface area contributed by atoms with Crippen molar-refractivity contribution in [2.45, 2.75) is 17.1 Å². The van der Waals surface area contributed by atoms with E-state index in [0.717, 1.165) is 16.2 Å². The Kier molecular flexibility index (Phi) is 8.65. The van der Waals surface area contributed by atoms with E-state index in [0.29, 0.717) is 28.0 Å².